The van der Waals surface area contributed by atoms with Crippen LogP contribution in [0, 0.1) is 0 Å². The van der Waals surface area contributed by atoms with Crippen LogP contribution in [-0.2, 0) is 5.41 Å². The summed E-state index contributed by atoms with van der Waals surface area (Å²) in [5.74, 6) is 0. The lowest BCUT2D eigenvalue weighted by Crippen LogP contribution is -2.75. The number of nitrogens with zero attached hydrogens (tertiary/aromatic N) is 2. The van der Waals surface area contributed by atoms with Crippen LogP contribution in [0.2, 0.25) is 0 Å². The quantitative estimate of drug-likeness (QED) is 0.0703. The third kappa shape index (κ3) is 12.1. The summed E-state index contributed by atoms with van der Waals surface area (Å²) in [5, 5.41) is 10.5. The van der Waals surface area contributed by atoms with Crippen LogP contribution < -0.4 is 67.7 Å². The molecule has 0 saturated heterocycles. The Morgan fingerprint density at radius 3 is 0.964 bits per heavy atom. The fourth-order valence-electron chi connectivity index (χ4n) is 18.0. The molecule has 0 fully saturated rings. The lowest BCUT2D eigenvalue weighted by Gasteiger charge is -2.46. The maximum absolute atomic E-state index is 3.34. The number of hydrogen-bond donors (Lipinski definition) is 0. The highest BCUT2D eigenvalue weighted by molar-refractivity contribution is 7.21. The van der Waals surface area contributed by atoms with Crippen molar-refractivity contribution in [2.24, 2.45) is 0 Å². The molecule has 2 nitrogen and oxygen atoms in total. The molecular formula is C106H81BN2Si2. The molecule has 5 heteroatoms. The van der Waals surface area contributed by atoms with Gasteiger partial charge in [0.25, 0.3) is 6.71 Å². The van der Waals surface area contributed by atoms with E-state index in [1.807, 2.05) is 0 Å². The van der Waals surface area contributed by atoms with Crippen LogP contribution in [0.3, 0.4) is 0 Å². The Labute approximate surface area is 655 Å². The summed E-state index contributed by atoms with van der Waals surface area (Å²) in [6.07, 6.45) is 0. The molecule has 0 amide bonds. The smallest absolute Gasteiger partial charge is 0.252 e. The summed E-state index contributed by atoms with van der Waals surface area (Å²) < 4.78 is 0. The van der Waals surface area contributed by atoms with Crippen molar-refractivity contribution in [2.45, 2.75) is 26.2 Å². The second kappa shape index (κ2) is 28.8. The van der Waals surface area contributed by atoms with E-state index in [1.165, 1.54) is 91.3 Å². The second-order valence-electron chi connectivity index (χ2n) is 30.7. The van der Waals surface area contributed by atoms with Crippen molar-refractivity contribution in [1.29, 1.82) is 0 Å². The van der Waals surface area contributed by atoms with Gasteiger partial charge in [-0.1, -0.05) is 403 Å². The van der Waals surface area contributed by atoms with Crippen molar-refractivity contribution in [3.63, 3.8) is 0 Å². The van der Waals surface area contributed by atoms with Crippen molar-refractivity contribution < 1.29 is 0 Å². The number of fused-ring (bicyclic) bond motifs is 4. The van der Waals surface area contributed by atoms with Crippen LogP contribution in [0.25, 0.3) is 66.8 Å². The number of rotatable bonds is 16. The molecule has 0 spiro atoms. The van der Waals surface area contributed by atoms with E-state index in [-0.39, 0.29) is 12.1 Å². The zero-order valence-corrected chi connectivity index (χ0v) is 64.5. The summed E-state index contributed by atoms with van der Waals surface area (Å²) in [6.45, 7) is 6.90. The third-order valence-corrected chi connectivity index (χ3v) is 32.8. The van der Waals surface area contributed by atoms with Gasteiger partial charge in [-0.3, -0.25) is 0 Å². The van der Waals surface area contributed by atoms with E-state index in [2.05, 4.69) is 467 Å². The van der Waals surface area contributed by atoms with Crippen molar-refractivity contribution in [1.82, 2.24) is 0 Å². The minimum Gasteiger partial charge on any atom is -0.311 e. The zero-order chi connectivity index (χ0) is 74.5. The van der Waals surface area contributed by atoms with E-state index in [4.69, 9.17) is 0 Å². The largest absolute Gasteiger partial charge is 0.311 e. The highest BCUT2D eigenvalue weighted by Gasteiger charge is 2.50. The molecule has 2 heterocycles. The predicted octanol–water partition coefficient (Wildman–Crippen LogP) is 19.8. The molecule has 17 aromatic carbocycles. The van der Waals surface area contributed by atoms with Crippen molar-refractivity contribution in [3.8, 4) is 66.8 Å². The molecule has 19 rings (SSSR count). The Bertz CT molecular complexity index is 6090. The van der Waals surface area contributed by atoms with Gasteiger partial charge in [-0.05, 0) is 185 Å². The average molecular weight is 1450 g/mol. The number of benzene rings is 17. The Hall–Kier alpha value is -13.2. The van der Waals surface area contributed by atoms with E-state index in [9.17, 15) is 0 Å². The maximum atomic E-state index is 2.71. The third-order valence-electron chi connectivity index (χ3n) is 23.3. The Balaban J connectivity index is 0.977. The number of anilines is 6. The zero-order valence-electron chi connectivity index (χ0n) is 62.5. The summed E-state index contributed by atoms with van der Waals surface area (Å²) in [4.78, 5) is 5.39. The van der Waals surface area contributed by atoms with Gasteiger partial charge in [0.1, 0.15) is 0 Å². The van der Waals surface area contributed by atoms with Crippen LogP contribution in [-0.4, -0.2) is 22.9 Å². The molecule has 0 aliphatic carbocycles. The highest BCUT2D eigenvalue weighted by atomic mass is 28.3. The summed E-state index contributed by atoms with van der Waals surface area (Å²) in [7, 11) is -6.67. The molecule has 0 atom stereocenters. The van der Waals surface area contributed by atoms with Crippen molar-refractivity contribution in [2.75, 3.05) is 9.80 Å². The lowest BCUT2D eigenvalue weighted by atomic mass is 9.33. The van der Waals surface area contributed by atoms with Gasteiger partial charge in [-0.2, -0.15) is 0 Å². The van der Waals surface area contributed by atoms with E-state index >= 15 is 0 Å². The van der Waals surface area contributed by atoms with Crippen LogP contribution in [0.4, 0.5) is 34.1 Å². The second-order valence-corrected chi connectivity index (χ2v) is 38.3. The Morgan fingerprint density at radius 2 is 0.541 bits per heavy atom. The fourth-order valence-corrected chi connectivity index (χ4v) is 27.6. The van der Waals surface area contributed by atoms with E-state index in [0.29, 0.717) is 0 Å². The van der Waals surface area contributed by atoms with Gasteiger partial charge >= 0.3 is 0 Å². The summed E-state index contributed by atoms with van der Waals surface area (Å²) >= 11 is 0. The van der Waals surface area contributed by atoms with Crippen LogP contribution in [0.1, 0.15) is 26.3 Å². The molecule has 0 N–H and O–H groups in total. The van der Waals surface area contributed by atoms with Crippen LogP contribution in [0.15, 0.2) is 437 Å². The SMILES string of the molecule is CC(C)(C)c1cc2c3c(c1)N(c1ccc(-c4ccccc4)cc1-c1ccccc1)c1ccc([Si](c4ccccc4)(c4ccccc4)c4cccc(-c5ccccc5)c4)cc1B3c1ccc([Si](c3ccccc3)(c3ccccc3)c3cccc(-c4ccccc4)c3)cc1N2c1cc(-c2ccccc2)cc(-c2ccccc2)c1. The molecule has 2 aliphatic heterocycles. The first-order chi connectivity index (χ1) is 54.7. The van der Waals surface area contributed by atoms with Gasteiger partial charge in [0, 0.05) is 34.0 Å². The summed E-state index contributed by atoms with van der Waals surface area (Å²) in [6, 6.07) is 166. The first kappa shape index (κ1) is 68.4. The predicted molar refractivity (Wildman–Crippen MR) is 479 cm³/mol. The molecule has 0 radical (unpaired) electrons. The normalized spacial score (nSPS) is 12.4. The Morgan fingerprint density at radius 1 is 0.207 bits per heavy atom. The van der Waals surface area contributed by atoms with Crippen LogP contribution >= 0.6 is 0 Å². The molecule has 0 aromatic heterocycles. The lowest BCUT2D eigenvalue weighted by molar-refractivity contribution is 0.590. The molecule has 2 aliphatic rings. The summed E-state index contributed by atoms with van der Waals surface area (Å²) in [5.41, 5.74) is 25.5. The molecule has 111 heavy (non-hydrogen) atoms. The molecule has 0 unspecified atom stereocenters. The topological polar surface area (TPSA) is 6.48 Å². The van der Waals surface area contributed by atoms with Gasteiger partial charge in [-0.15, -0.1) is 0 Å². The average Bonchev–Trinajstić information content (AvgIpc) is 0.685. The van der Waals surface area contributed by atoms with Crippen molar-refractivity contribution in [3.05, 3.63) is 442 Å². The fraction of sp³-hybridized carbons (Fsp3) is 0.0377. The molecule has 526 valence electrons. The van der Waals surface area contributed by atoms with Gasteiger partial charge in [0.2, 0.25) is 0 Å². The van der Waals surface area contributed by atoms with Gasteiger partial charge in [0.05, 0.1) is 5.69 Å². The minimum absolute atomic E-state index is 0.287. The monoisotopic (exact) mass is 1450 g/mol. The van der Waals surface area contributed by atoms with Gasteiger partial charge in [0.15, 0.2) is 16.1 Å². The standard InChI is InChI=1S/C106H81BN2Si2/c1-106(2,3)87-72-103-105-104(73-87)109(100-64-60-84(78-40-18-6-19-41-78)71-97(100)81-46-24-9-25-47-81)101-65-62-95(110(89-50-26-10-27-51-89,90-52-28-11-29-53-90)93-58-34-48-82(69-93)76-36-14-4-15-37-76)74-99(101)107(105)98-63-61-96(75-102(98)108(103)88-67-85(79-42-20-7-21-43-79)66-86(68-88)80-44-22-8-23-45-80)111(91-54-30-12-31-55-91,92-56-32-13-33-57-92)94-59-35-49-83(70-94)77-38-16-5-17-39-77/h4-75H,1-3H3. The molecule has 0 saturated carbocycles. The minimum atomic E-state index is -3.34. The maximum Gasteiger partial charge on any atom is 0.252 e. The first-order valence-corrected chi connectivity index (χ1v) is 42.8. The molecular weight excluding hydrogens is 1370 g/mol. The van der Waals surface area contributed by atoms with E-state index in [0.717, 1.165) is 73.1 Å². The van der Waals surface area contributed by atoms with Crippen LogP contribution in [0.5, 0.6) is 0 Å². The molecule has 0 bridgehead atoms. The van der Waals surface area contributed by atoms with Gasteiger partial charge in [-0.25, -0.2) is 0 Å². The molecule has 17 aromatic rings. The number of hydrogen-bond acceptors (Lipinski definition) is 2. The van der Waals surface area contributed by atoms with E-state index in [1.54, 1.807) is 0 Å². The van der Waals surface area contributed by atoms with Gasteiger partial charge < -0.3 is 9.80 Å². The first-order valence-electron chi connectivity index (χ1n) is 38.8. The van der Waals surface area contributed by atoms with Crippen molar-refractivity contribution >= 4 is 115 Å². The highest BCUT2D eigenvalue weighted by Crippen LogP contribution is 2.50. The van der Waals surface area contributed by atoms with E-state index < -0.39 is 16.1 Å². The Kier molecular flexibility index (Phi) is 17.7.